The minimum Gasteiger partial charge on any atom is -0.495 e. The van der Waals surface area contributed by atoms with E-state index >= 15 is 0 Å². The third kappa shape index (κ3) is 7.48. The van der Waals surface area contributed by atoms with E-state index in [1.165, 1.54) is 14.2 Å². The van der Waals surface area contributed by atoms with Gasteiger partial charge in [0.05, 0.1) is 31.9 Å². The molecule has 0 radical (unpaired) electrons. The summed E-state index contributed by atoms with van der Waals surface area (Å²) in [6.07, 6.45) is 0.304. The fraction of sp³-hybridized carbons (Fsp3) is 0.636. The molecule has 0 aliphatic carbocycles. The van der Waals surface area contributed by atoms with Crippen LogP contribution in [0, 0.1) is 5.41 Å². The summed E-state index contributed by atoms with van der Waals surface area (Å²) in [5.74, 6) is -0.218. The lowest BCUT2D eigenvalue weighted by Gasteiger charge is -2.34. The lowest BCUT2D eigenvalue weighted by molar-refractivity contribution is -0.153. The first kappa shape index (κ1) is 27.4. The lowest BCUT2D eigenvalue weighted by atomic mass is 9.91. The quantitative estimate of drug-likeness (QED) is 0.336. The Hall–Kier alpha value is -1.61. The average molecular weight is 473 g/mol. The number of carbonyl (C=O) groups is 2. The van der Waals surface area contributed by atoms with Crippen molar-refractivity contribution in [2.75, 3.05) is 27.4 Å². The second-order valence-electron chi connectivity index (χ2n) is 8.08. The molecule has 3 N–H and O–H groups in total. The molecular formula is C22H37ClN2O5Si. The Morgan fingerprint density at radius 2 is 1.81 bits per heavy atom. The van der Waals surface area contributed by atoms with Crippen molar-refractivity contribution in [1.29, 1.82) is 0 Å². The van der Waals surface area contributed by atoms with Crippen molar-refractivity contribution >= 4 is 31.8 Å². The molecule has 0 saturated carbocycles. The fourth-order valence-electron chi connectivity index (χ4n) is 3.39. The Balaban J connectivity index is 2.79. The Kier molecular flexibility index (Phi) is 11.0. The second kappa shape index (κ2) is 12.4. The zero-order valence-corrected chi connectivity index (χ0v) is 21.3. The summed E-state index contributed by atoms with van der Waals surface area (Å²) in [7, 11) is 0.981. The summed E-state index contributed by atoms with van der Waals surface area (Å²) < 4.78 is 16.4. The molecule has 0 aliphatic heterocycles. The average Bonchev–Trinajstić information content (AvgIpc) is 2.78. The molecule has 0 saturated heterocycles. The number of amides is 1. The molecule has 7 nitrogen and oxygen atoms in total. The molecule has 0 bridgehead atoms. The molecule has 2 atom stereocenters. The highest BCUT2D eigenvalue weighted by molar-refractivity contribution is 6.73. The number of carbonyl (C=O) groups excluding carboxylic acids is 2. The van der Waals surface area contributed by atoms with E-state index in [-0.39, 0.29) is 19.1 Å². The Morgan fingerprint density at radius 1 is 1.19 bits per heavy atom. The van der Waals surface area contributed by atoms with Gasteiger partial charge in [0.25, 0.3) is 0 Å². The molecule has 0 aliphatic rings. The number of hydrogen-bond acceptors (Lipinski definition) is 6. The summed E-state index contributed by atoms with van der Waals surface area (Å²) in [6.45, 7) is 8.40. The summed E-state index contributed by atoms with van der Waals surface area (Å²) in [5, 5.41) is 3.26. The van der Waals surface area contributed by atoms with Gasteiger partial charge in [-0.2, -0.15) is 0 Å². The van der Waals surface area contributed by atoms with E-state index in [1.807, 2.05) is 6.07 Å². The van der Waals surface area contributed by atoms with E-state index < -0.39 is 25.7 Å². The van der Waals surface area contributed by atoms with E-state index in [9.17, 15) is 9.59 Å². The molecule has 1 aromatic rings. The molecule has 1 aromatic carbocycles. The van der Waals surface area contributed by atoms with Crippen LogP contribution in [0.5, 0.6) is 5.75 Å². The second-order valence-corrected chi connectivity index (χ2v) is 13.3. The van der Waals surface area contributed by atoms with Crippen LogP contribution in [0.3, 0.4) is 0 Å². The predicted molar refractivity (Wildman–Crippen MR) is 126 cm³/mol. The Labute approximate surface area is 192 Å². The van der Waals surface area contributed by atoms with Crippen LogP contribution in [-0.2, 0) is 25.2 Å². The molecule has 0 fully saturated rings. The maximum absolute atomic E-state index is 12.6. The highest BCUT2D eigenvalue weighted by atomic mass is 35.5. The van der Waals surface area contributed by atoms with Gasteiger partial charge in [0.1, 0.15) is 11.2 Å². The lowest BCUT2D eigenvalue weighted by Crippen LogP contribution is -2.51. The third-order valence-corrected chi connectivity index (χ3v) is 10.9. The monoisotopic (exact) mass is 472 g/mol. The maximum atomic E-state index is 12.6. The molecule has 2 unspecified atom stereocenters. The number of ether oxygens (including phenoxy) is 2. The van der Waals surface area contributed by atoms with Gasteiger partial charge in [-0.05, 0) is 49.2 Å². The van der Waals surface area contributed by atoms with Gasteiger partial charge in [0.2, 0.25) is 5.91 Å². The zero-order chi connectivity index (χ0) is 23.7. The first-order valence-electron chi connectivity index (χ1n) is 10.7. The smallest absolute Gasteiger partial charge is 0.315 e. The first-order valence-corrected chi connectivity index (χ1v) is 13.6. The molecule has 176 valence electrons. The molecule has 31 heavy (non-hydrogen) atoms. The van der Waals surface area contributed by atoms with Crippen LogP contribution in [0.2, 0.25) is 23.2 Å². The maximum Gasteiger partial charge on any atom is 0.315 e. The van der Waals surface area contributed by atoms with Gasteiger partial charge >= 0.3 is 5.97 Å². The van der Waals surface area contributed by atoms with Crippen molar-refractivity contribution in [3.05, 3.63) is 28.8 Å². The summed E-state index contributed by atoms with van der Waals surface area (Å²) in [5.41, 5.74) is 5.91. The largest absolute Gasteiger partial charge is 0.495 e. The van der Waals surface area contributed by atoms with E-state index in [4.69, 9.17) is 31.2 Å². The molecule has 1 rings (SSSR count). The Morgan fingerprint density at radius 3 is 2.29 bits per heavy atom. The van der Waals surface area contributed by atoms with E-state index in [0.29, 0.717) is 17.2 Å². The summed E-state index contributed by atoms with van der Waals surface area (Å²) in [6, 6.07) is 7.40. The third-order valence-electron chi connectivity index (χ3n) is 5.97. The van der Waals surface area contributed by atoms with Crippen LogP contribution in [0.1, 0.15) is 33.3 Å². The Bertz CT molecular complexity index is 736. The van der Waals surface area contributed by atoms with Crippen molar-refractivity contribution in [2.24, 2.45) is 11.1 Å². The van der Waals surface area contributed by atoms with Gasteiger partial charge in [-0.3, -0.25) is 9.59 Å². The van der Waals surface area contributed by atoms with Crippen molar-refractivity contribution in [3.8, 4) is 5.75 Å². The molecular weight excluding hydrogens is 436 g/mol. The van der Waals surface area contributed by atoms with Gasteiger partial charge in [0, 0.05) is 6.54 Å². The van der Waals surface area contributed by atoms with E-state index in [0.717, 1.165) is 23.7 Å². The van der Waals surface area contributed by atoms with Gasteiger partial charge in [-0.1, -0.05) is 38.4 Å². The minimum absolute atomic E-state index is 0.0806. The zero-order valence-electron chi connectivity index (χ0n) is 19.5. The highest BCUT2D eigenvalue weighted by Gasteiger charge is 2.39. The van der Waals surface area contributed by atoms with Gasteiger partial charge < -0.3 is 25.0 Å². The topological polar surface area (TPSA) is 99.9 Å². The van der Waals surface area contributed by atoms with Gasteiger partial charge in [0.15, 0.2) is 8.32 Å². The number of methoxy groups -OCH3 is 2. The number of rotatable bonds is 13. The van der Waals surface area contributed by atoms with Crippen molar-refractivity contribution in [3.63, 3.8) is 0 Å². The van der Waals surface area contributed by atoms with Crippen molar-refractivity contribution in [1.82, 2.24) is 5.32 Å². The molecule has 1 amide bonds. The van der Waals surface area contributed by atoms with Crippen molar-refractivity contribution in [2.45, 2.75) is 58.3 Å². The molecule has 0 heterocycles. The van der Waals surface area contributed by atoms with Crippen LogP contribution in [0.4, 0.5) is 0 Å². The van der Waals surface area contributed by atoms with Gasteiger partial charge in [-0.25, -0.2) is 0 Å². The number of nitrogens with one attached hydrogen (secondary N) is 1. The van der Waals surface area contributed by atoms with Crippen molar-refractivity contribution < 1.29 is 23.5 Å². The molecule has 0 spiro atoms. The van der Waals surface area contributed by atoms with Gasteiger partial charge in [-0.15, -0.1) is 0 Å². The minimum atomic E-state index is -1.90. The number of nitrogens with two attached hydrogens (primary N) is 1. The standard InChI is InChI=1S/C22H37ClN2O5Si/c1-7-31(8-2,9-3)30-15-22(4,21(27)29-6)14-25-20(26)18(24)13-16-10-11-19(28-5)17(23)12-16/h10-12,18H,7-9,13-15,24H2,1-6H3,(H,25,26). The number of hydrogen-bond donors (Lipinski definition) is 2. The number of halogens is 1. The fourth-order valence-corrected chi connectivity index (χ4v) is 6.41. The SMILES string of the molecule is CC[Si](CC)(CC)OCC(C)(CNC(=O)C(N)Cc1ccc(OC)c(Cl)c1)C(=O)OC. The highest BCUT2D eigenvalue weighted by Crippen LogP contribution is 2.27. The number of benzene rings is 1. The first-order chi connectivity index (χ1) is 14.6. The van der Waals surface area contributed by atoms with E-state index in [1.54, 1.807) is 19.1 Å². The molecule has 9 heteroatoms. The summed E-state index contributed by atoms with van der Waals surface area (Å²) >= 11 is 6.14. The van der Waals surface area contributed by atoms with E-state index in [2.05, 4.69) is 26.1 Å². The normalized spacial score (nSPS) is 14.5. The van der Waals surface area contributed by atoms with Crippen LogP contribution >= 0.6 is 11.6 Å². The van der Waals surface area contributed by atoms with Crippen LogP contribution < -0.4 is 15.8 Å². The van der Waals surface area contributed by atoms with Crippen LogP contribution in [0.25, 0.3) is 0 Å². The number of esters is 1. The van der Waals surface area contributed by atoms with Crippen LogP contribution in [0.15, 0.2) is 18.2 Å². The molecule has 0 aromatic heterocycles. The van der Waals surface area contributed by atoms with Crippen LogP contribution in [-0.4, -0.2) is 53.6 Å². The summed E-state index contributed by atoms with van der Waals surface area (Å²) in [4.78, 5) is 25.1. The predicted octanol–water partition coefficient (Wildman–Crippen LogP) is 3.54.